The van der Waals surface area contributed by atoms with Crippen LogP contribution in [0, 0.1) is 5.92 Å². The highest BCUT2D eigenvalue weighted by atomic mass is 16.5. The molecule has 3 heteroatoms. The predicted octanol–water partition coefficient (Wildman–Crippen LogP) is 6.94. The second-order valence-electron chi connectivity index (χ2n) is 12.6. The van der Waals surface area contributed by atoms with Crippen molar-refractivity contribution >= 4 is 10.8 Å². The molecule has 4 aliphatic rings. The lowest BCUT2D eigenvalue weighted by atomic mass is 9.73. The summed E-state index contributed by atoms with van der Waals surface area (Å²) in [6, 6.07) is 9.83. The van der Waals surface area contributed by atoms with Gasteiger partial charge in [-0.05, 0) is 91.0 Å². The number of hydrogen-bond acceptors (Lipinski definition) is 2. The molecule has 2 aromatic rings. The maximum Gasteiger partial charge on any atom is 0.0966 e. The molecule has 180 valence electrons. The Morgan fingerprint density at radius 2 is 1.88 bits per heavy atom. The van der Waals surface area contributed by atoms with Gasteiger partial charge in [0.15, 0.2) is 0 Å². The van der Waals surface area contributed by atoms with E-state index >= 15 is 0 Å². The molecule has 2 aliphatic heterocycles. The summed E-state index contributed by atoms with van der Waals surface area (Å²) >= 11 is 0. The maximum atomic E-state index is 7.35. The molecule has 1 saturated carbocycles. The standard InChI is InChI=1S/C31H41N2O/c1-22-8-9-23(25-11-10-24-14-17-32-21-26(24)18-25)6-5-7-28-19-27-12-13-29(33(2,3)4)20-30(27)15-16-31(22,28)34-30/h7,10-11,14,17-19,21-23,29H,5-6,8-9,12-13,15-16,20H2,1-4H3/q+1. The van der Waals surface area contributed by atoms with Crippen LogP contribution in [0.3, 0.4) is 0 Å². The number of pyridine rings is 1. The van der Waals surface area contributed by atoms with Crippen molar-refractivity contribution in [2.24, 2.45) is 5.92 Å². The zero-order chi connectivity index (χ0) is 23.6. The first-order valence-corrected chi connectivity index (χ1v) is 13.6. The fourth-order valence-corrected chi connectivity index (χ4v) is 7.57. The Morgan fingerprint density at radius 1 is 1.00 bits per heavy atom. The van der Waals surface area contributed by atoms with Gasteiger partial charge in [0.1, 0.15) is 0 Å². The summed E-state index contributed by atoms with van der Waals surface area (Å²) < 4.78 is 8.40. The average Bonchev–Trinajstić information content (AvgIpc) is 3.17. The van der Waals surface area contributed by atoms with Crippen LogP contribution in [0.15, 0.2) is 60.0 Å². The van der Waals surface area contributed by atoms with Gasteiger partial charge in [0, 0.05) is 30.6 Å². The lowest BCUT2D eigenvalue weighted by molar-refractivity contribution is -0.898. The first-order valence-electron chi connectivity index (χ1n) is 13.6. The monoisotopic (exact) mass is 457 g/mol. The highest BCUT2D eigenvalue weighted by Crippen LogP contribution is 2.59. The molecule has 34 heavy (non-hydrogen) atoms. The van der Waals surface area contributed by atoms with Crippen LogP contribution in [0.5, 0.6) is 0 Å². The van der Waals surface area contributed by atoms with Gasteiger partial charge in [-0.3, -0.25) is 4.98 Å². The van der Waals surface area contributed by atoms with Crippen molar-refractivity contribution in [1.82, 2.24) is 4.98 Å². The van der Waals surface area contributed by atoms with Crippen molar-refractivity contribution in [3.05, 3.63) is 65.5 Å². The van der Waals surface area contributed by atoms with E-state index in [-0.39, 0.29) is 11.2 Å². The van der Waals surface area contributed by atoms with Gasteiger partial charge >= 0.3 is 0 Å². The van der Waals surface area contributed by atoms with Crippen LogP contribution in [0.25, 0.3) is 10.8 Å². The Bertz CT molecular complexity index is 1160. The molecule has 0 amide bonds. The summed E-state index contributed by atoms with van der Waals surface area (Å²) in [5.74, 6) is 1.15. The normalized spacial score (nSPS) is 35.9. The van der Waals surface area contributed by atoms with Crippen molar-refractivity contribution < 1.29 is 9.22 Å². The number of nitrogens with zero attached hydrogens (tertiary/aromatic N) is 2. The van der Waals surface area contributed by atoms with Crippen LogP contribution >= 0.6 is 0 Å². The van der Waals surface area contributed by atoms with Crippen LogP contribution < -0.4 is 0 Å². The van der Waals surface area contributed by atoms with Crippen molar-refractivity contribution in [3.63, 3.8) is 0 Å². The Hall–Kier alpha value is -1.97. The van der Waals surface area contributed by atoms with Crippen LogP contribution in [0.1, 0.15) is 76.2 Å². The van der Waals surface area contributed by atoms with Crippen molar-refractivity contribution in [3.8, 4) is 0 Å². The Labute approximate surface area is 205 Å². The molecular formula is C31H41N2O+. The molecule has 6 rings (SSSR count). The summed E-state index contributed by atoms with van der Waals surface area (Å²) in [7, 11) is 7.08. The summed E-state index contributed by atoms with van der Waals surface area (Å²) in [6.07, 6.45) is 20.0. The Balaban J connectivity index is 1.29. The van der Waals surface area contributed by atoms with E-state index in [9.17, 15) is 0 Å². The number of quaternary nitrogens is 1. The number of fused-ring (bicyclic) bond motifs is 1. The maximum absolute atomic E-state index is 7.35. The lowest BCUT2D eigenvalue weighted by Crippen LogP contribution is -2.55. The third kappa shape index (κ3) is 3.58. The molecule has 5 unspecified atom stereocenters. The van der Waals surface area contributed by atoms with Crippen LogP contribution in [0.2, 0.25) is 0 Å². The number of aromatic nitrogens is 1. The van der Waals surface area contributed by atoms with E-state index in [1.165, 1.54) is 73.3 Å². The van der Waals surface area contributed by atoms with Crippen molar-refractivity contribution in [2.75, 3.05) is 21.1 Å². The van der Waals surface area contributed by atoms with Gasteiger partial charge in [0.2, 0.25) is 0 Å². The van der Waals surface area contributed by atoms with E-state index in [1.54, 1.807) is 5.57 Å². The minimum atomic E-state index is -0.0710. The van der Waals surface area contributed by atoms with Gasteiger partial charge in [0.25, 0.3) is 0 Å². The molecule has 3 nitrogen and oxygen atoms in total. The zero-order valence-corrected chi connectivity index (χ0v) is 21.5. The fourth-order valence-electron chi connectivity index (χ4n) is 7.57. The fraction of sp³-hybridized carbons (Fsp3) is 0.581. The molecule has 1 aromatic carbocycles. The summed E-state index contributed by atoms with van der Waals surface area (Å²) in [4.78, 5) is 4.36. The Morgan fingerprint density at radius 3 is 2.74 bits per heavy atom. The van der Waals surface area contributed by atoms with E-state index in [4.69, 9.17) is 4.74 Å². The van der Waals surface area contributed by atoms with Gasteiger partial charge in [-0.1, -0.05) is 31.2 Å². The van der Waals surface area contributed by atoms with Crippen molar-refractivity contribution in [1.29, 1.82) is 0 Å². The van der Waals surface area contributed by atoms with Crippen LogP contribution in [-0.2, 0) is 4.74 Å². The van der Waals surface area contributed by atoms with Crippen LogP contribution in [-0.4, -0.2) is 47.9 Å². The predicted molar refractivity (Wildman–Crippen MR) is 140 cm³/mol. The minimum Gasteiger partial charge on any atom is -0.359 e. The number of ether oxygens (including phenoxy) is 1. The molecule has 0 radical (unpaired) electrons. The van der Waals surface area contributed by atoms with Crippen molar-refractivity contribution in [2.45, 2.75) is 87.9 Å². The highest BCUT2D eigenvalue weighted by molar-refractivity contribution is 5.82. The number of allylic oxidation sites excluding steroid dienone is 1. The second-order valence-corrected chi connectivity index (χ2v) is 12.6. The number of rotatable bonds is 2. The molecule has 2 fully saturated rings. The second kappa shape index (κ2) is 8.03. The van der Waals surface area contributed by atoms with Gasteiger partial charge in [-0.25, -0.2) is 0 Å². The third-order valence-electron chi connectivity index (χ3n) is 9.85. The summed E-state index contributed by atoms with van der Waals surface area (Å²) in [6.45, 7) is 2.47. The first-order chi connectivity index (χ1) is 16.3. The smallest absolute Gasteiger partial charge is 0.0966 e. The van der Waals surface area contributed by atoms with E-state index in [0.717, 1.165) is 10.9 Å². The van der Waals surface area contributed by atoms with Gasteiger partial charge in [-0.15, -0.1) is 0 Å². The third-order valence-corrected chi connectivity index (χ3v) is 9.85. The topological polar surface area (TPSA) is 22.1 Å². The minimum absolute atomic E-state index is 0.00114. The molecule has 2 aliphatic carbocycles. The van der Waals surface area contributed by atoms with Gasteiger partial charge in [-0.2, -0.15) is 0 Å². The first kappa shape index (κ1) is 22.5. The van der Waals surface area contributed by atoms with E-state index in [2.05, 4.69) is 69.5 Å². The quantitative estimate of drug-likeness (QED) is 0.456. The zero-order valence-electron chi connectivity index (χ0n) is 21.5. The molecule has 2 spiro atoms. The Kier molecular flexibility index (Phi) is 5.31. The van der Waals surface area contributed by atoms with E-state index in [0.29, 0.717) is 17.9 Å². The largest absolute Gasteiger partial charge is 0.359 e. The molecule has 1 aromatic heterocycles. The molecule has 0 N–H and O–H groups in total. The van der Waals surface area contributed by atoms with Gasteiger partial charge < -0.3 is 9.22 Å². The lowest BCUT2D eigenvalue weighted by Gasteiger charge is -2.50. The molecule has 2 bridgehead atoms. The molecule has 1 saturated heterocycles. The molecule has 5 atom stereocenters. The SMILES string of the molecule is CC1CCC(c2ccc3ccncc3c2)CCC=C2C=C3CCC([N+](C)(C)C)CC34CCC21O4. The van der Waals surface area contributed by atoms with Gasteiger partial charge in [0.05, 0.1) is 38.4 Å². The van der Waals surface area contributed by atoms with E-state index < -0.39 is 0 Å². The number of benzene rings is 1. The average molecular weight is 458 g/mol. The number of hydrogen-bond donors (Lipinski definition) is 0. The summed E-state index contributed by atoms with van der Waals surface area (Å²) in [5, 5.41) is 2.55. The molecule has 3 heterocycles. The molecular weight excluding hydrogens is 416 g/mol. The van der Waals surface area contributed by atoms with Crippen LogP contribution in [0.4, 0.5) is 0 Å². The highest BCUT2D eigenvalue weighted by Gasteiger charge is 2.60. The van der Waals surface area contributed by atoms with E-state index in [1.807, 2.05) is 12.4 Å². The summed E-state index contributed by atoms with van der Waals surface area (Å²) in [5.41, 5.74) is 4.52.